The summed E-state index contributed by atoms with van der Waals surface area (Å²) in [6.45, 7) is 11.1. The third-order valence-electron chi connectivity index (χ3n) is 4.20. The number of aromatic nitrogens is 3. The number of nitrogens with zero attached hydrogens (tertiary/aromatic N) is 3. The average molecular weight is 398 g/mol. The lowest BCUT2D eigenvalue weighted by Gasteiger charge is -2.23. The number of amides is 1. The Kier molecular flexibility index (Phi) is 5.46. The van der Waals surface area contributed by atoms with Gasteiger partial charge in [0.15, 0.2) is 17.5 Å². The smallest absolute Gasteiger partial charge is 0.339 e. The van der Waals surface area contributed by atoms with Gasteiger partial charge in [0.2, 0.25) is 0 Å². The van der Waals surface area contributed by atoms with Crippen molar-refractivity contribution in [3.05, 3.63) is 36.2 Å². The van der Waals surface area contributed by atoms with Crippen molar-refractivity contribution in [2.75, 3.05) is 0 Å². The first-order valence-electron chi connectivity index (χ1n) is 9.52. The first-order valence-corrected chi connectivity index (χ1v) is 9.52. The van der Waals surface area contributed by atoms with Crippen molar-refractivity contribution in [3.8, 4) is 11.5 Å². The topological polar surface area (TPSA) is 99.2 Å². The first kappa shape index (κ1) is 20.6. The quantitative estimate of drug-likeness (QED) is 0.658. The predicted molar refractivity (Wildman–Crippen MR) is 108 cm³/mol. The molecule has 0 saturated heterocycles. The molecular weight excluding hydrogens is 372 g/mol. The number of furan rings is 1. The van der Waals surface area contributed by atoms with Crippen LogP contribution in [0.4, 0.5) is 0 Å². The maximum absolute atomic E-state index is 12.9. The summed E-state index contributed by atoms with van der Waals surface area (Å²) in [5.74, 6) is -0.457. The van der Waals surface area contributed by atoms with Gasteiger partial charge in [-0.15, -0.1) is 0 Å². The molecule has 3 rings (SSSR count). The summed E-state index contributed by atoms with van der Waals surface area (Å²) in [5, 5.41) is 7.72. The number of pyridine rings is 1. The normalized spacial score (nSPS) is 12.9. The van der Waals surface area contributed by atoms with Gasteiger partial charge >= 0.3 is 5.97 Å². The van der Waals surface area contributed by atoms with Gasteiger partial charge in [0.1, 0.15) is 5.69 Å². The van der Waals surface area contributed by atoms with Crippen LogP contribution in [-0.2, 0) is 9.53 Å². The van der Waals surface area contributed by atoms with Gasteiger partial charge in [0.25, 0.3) is 5.91 Å². The molecule has 29 heavy (non-hydrogen) atoms. The van der Waals surface area contributed by atoms with E-state index in [9.17, 15) is 9.59 Å². The highest BCUT2D eigenvalue weighted by molar-refractivity contribution is 6.04. The van der Waals surface area contributed by atoms with Crippen molar-refractivity contribution < 1.29 is 18.7 Å². The van der Waals surface area contributed by atoms with Gasteiger partial charge in [-0.05, 0) is 59.7 Å². The van der Waals surface area contributed by atoms with E-state index >= 15 is 0 Å². The molecule has 0 aliphatic rings. The standard InChI is InChI=1S/C21H26N4O4/c1-12(2)25-18-15(11-22-25)14(10-16(23-18)17-8-7-9-28-17)20(27)29-13(3)19(26)24-21(4,5)6/h7-13H,1-6H3,(H,24,26)/t13-/m1/s1. The van der Waals surface area contributed by atoms with Crippen LogP contribution in [0, 0.1) is 0 Å². The van der Waals surface area contributed by atoms with Crippen molar-refractivity contribution in [2.45, 2.75) is 59.2 Å². The molecule has 3 aromatic heterocycles. The van der Waals surface area contributed by atoms with E-state index < -0.39 is 17.6 Å². The molecule has 154 valence electrons. The molecule has 1 atom stereocenters. The lowest BCUT2D eigenvalue weighted by Crippen LogP contribution is -2.46. The van der Waals surface area contributed by atoms with Gasteiger partial charge in [0.05, 0.1) is 23.4 Å². The molecule has 0 aliphatic carbocycles. The summed E-state index contributed by atoms with van der Waals surface area (Å²) in [4.78, 5) is 29.9. The van der Waals surface area contributed by atoms with Gasteiger partial charge in [-0.3, -0.25) is 4.79 Å². The van der Waals surface area contributed by atoms with Crippen LogP contribution in [0.25, 0.3) is 22.5 Å². The molecular formula is C21H26N4O4. The van der Waals surface area contributed by atoms with E-state index in [1.165, 1.54) is 6.26 Å². The number of esters is 1. The second-order valence-electron chi connectivity index (χ2n) is 8.24. The summed E-state index contributed by atoms with van der Waals surface area (Å²) >= 11 is 0. The molecule has 0 radical (unpaired) electrons. The van der Waals surface area contributed by atoms with Crippen LogP contribution < -0.4 is 5.32 Å². The van der Waals surface area contributed by atoms with E-state index in [1.54, 1.807) is 36.0 Å². The number of rotatable bonds is 5. The number of nitrogens with one attached hydrogen (secondary N) is 1. The summed E-state index contributed by atoms with van der Waals surface area (Å²) in [7, 11) is 0. The molecule has 3 aromatic rings. The highest BCUT2D eigenvalue weighted by Crippen LogP contribution is 2.27. The first-order chi connectivity index (χ1) is 13.6. The molecule has 0 fully saturated rings. The molecule has 8 heteroatoms. The van der Waals surface area contributed by atoms with Crippen molar-refractivity contribution in [3.63, 3.8) is 0 Å². The molecule has 0 unspecified atom stereocenters. The van der Waals surface area contributed by atoms with E-state index in [2.05, 4.69) is 15.4 Å². The summed E-state index contributed by atoms with van der Waals surface area (Å²) in [6, 6.07) is 5.16. The molecule has 8 nitrogen and oxygen atoms in total. The molecule has 0 spiro atoms. The number of carbonyl (C=O) groups is 2. The van der Waals surface area contributed by atoms with Crippen molar-refractivity contribution in [1.82, 2.24) is 20.1 Å². The molecule has 1 N–H and O–H groups in total. The summed E-state index contributed by atoms with van der Waals surface area (Å²) in [5.41, 5.74) is 0.895. The highest BCUT2D eigenvalue weighted by atomic mass is 16.5. The van der Waals surface area contributed by atoms with Crippen molar-refractivity contribution in [2.24, 2.45) is 0 Å². The van der Waals surface area contributed by atoms with E-state index in [0.29, 0.717) is 22.5 Å². The minimum absolute atomic E-state index is 0.0483. The van der Waals surface area contributed by atoms with Gasteiger partial charge in [0, 0.05) is 11.6 Å². The minimum Gasteiger partial charge on any atom is -0.463 e. The Morgan fingerprint density at radius 3 is 2.55 bits per heavy atom. The SMILES string of the molecule is CC(C)n1ncc2c(C(=O)O[C@H](C)C(=O)NC(C)(C)C)cc(-c3ccco3)nc21. The van der Waals surface area contributed by atoms with Gasteiger partial charge < -0.3 is 14.5 Å². The van der Waals surface area contributed by atoms with Crippen LogP contribution >= 0.6 is 0 Å². The zero-order chi connectivity index (χ0) is 21.3. The van der Waals surface area contributed by atoms with Crippen LogP contribution in [-0.4, -0.2) is 38.3 Å². The predicted octanol–water partition coefficient (Wildman–Crippen LogP) is 3.73. The Bertz CT molecular complexity index is 1030. The largest absolute Gasteiger partial charge is 0.463 e. The van der Waals surface area contributed by atoms with E-state index in [0.717, 1.165) is 0 Å². The molecule has 0 aromatic carbocycles. The lowest BCUT2D eigenvalue weighted by molar-refractivity contribution is -0.130. The fraction of sp³-hybridized carbons (Fsp3) is 0.429. The van der Waals surface area contributed by atoms with Crippen LogP contribution in [0.2, 0.25) is 0 Å². The molecule has 0 bridgehead atoms. The van der Waals surface area contributed by atoms with Gasteiger partial charge in [-0.25, -0.2) is 14.5 Å². The maximum atomic E-state index is 12.9. The minimum atomic E-state index is -0.947. The van der Waals surface area contributed by atoms with Crippen LogP contribution in [0.5, 0.6) is 0 Å². The van der Waals surface area contributed by atoms with Crippen molar-refractivity contribution in [1.29, 1.82) is 0 Å². The van der Waals surface area contributed by atoms with Gasteiger partial charge in [-0.1, -0.05) is 0 Å². The summed E-state index contributed by atoms with van der Waals surface area (Å²) in [6.07, 6.45) is 2.18. The Morgan fingerprint density at radius 2 is 1.97 bits per heavy atom. The number of carbonyl (C=O) groups excluding carboxylic acids is 2. The number of hydrogen-bond donors (Lipinski definition) is 1. The average Bonchev–Trinajstić information content (AvgIpc) is 3.28. The third-order valence-corrected chi connectivity index (χ3v) is 4.20. The zero-order valence-corrected chi connectivity index (χ0v) is 17.5. The summed E-state index contributed by atoms with van der Waals surface area (Å²) < 4.78 is 12.6. The monoisotopic (exact) mass is 398 g/mol. The van der Waals surface area contributed by atoms with Crippen molar-refractivity contribution >= 4 is 22.9 Å². The third kappa shape index (κ3) is 4.47. The maximum Gasteiger partial charge on any atom is 0.339 e. The van der Waals surface area contributed by atoms with E-state index in [-0.39, 0.29) is 17.5 Å². The highest BCUT2D eigenvalue weighted by Gasteiger charge is 2.26. The number of ether oxygens (including phenoxy) is 1. The fourth-order valence-corrected chi connectivity index (χ4v) is 2.86. The molecule has 1 amide bonds. The second-order valence-corrected chi connectivity index (χ2v) is 8.24. The van der Waals surface area contributed by atoms with E-state index in [4.69, 9.17) is 9.15 Å². The lowest BCUT2D eigenvalue weighted by atomic mass is 10.1. The Morgan fingerprint density at radius 1 is 1.24 bits per heavy atom. The van der Waals surface area contributed by atoms with Gasteiger partial charge in [-0.2, -0.15) is 5.10 Å². The number of hydrogen-bond acceptors (Lipinski definition) is 6. The zero-order valence-electron chi connectivity index (χ0n) is 17.5. The van der Waals surface area contributed by atoms with Crippen LogP contribution in [0.15, 0.2) is 35.1 Å². The van der Waals surface area contributed by atoms with Crippen LogP contribution in [0.1, 0.15) is 57.9 Å². The fourth-order valence-electron chi connectivity index (χ4n) is 2.86. The number of fused-ring (bicyclic) bond motifs is 1. The Labute approximate surface area is 169 Å². The molecule has 3 heterocycles. The van der Waals surface area contributed by atoms with Crippen LogP contribution in [0.3, 0.4) is 0 Å². The molecule has 0 aliphatic heterocycles. The Balaban J connectivity index is 1.99. The van der Waals surface area contributed by atoms with E-state index in [1.807, 2.05) is 34.6 Å². The Hall–Kier alpha value is -3.16. The molecule has 0 saturated carbocycles. The second kappa shape index (κ2) is 7.69.